The van der Waals surface area contributed by atoms with Crippen LogP contribution in [0.3, 0.4) is 0 Å². The lowest BCUT2D eigenvalue weighted by Crippen LogP contribution is -2.52. The first-order chi connectivity index (χ1) is 18.5. The lowest BCUT2D eigenvalue weighted by Gasteiger charge is -2.37. The highest BCUT2D eigenvalue weighted by molar-refractivity contribution is 6.45. The zero-order chi connectivity index (χ0) is 26.2. The van der Waals surface area contributed by atoms with Gasteiger partial charge in [-0.1, -0.05) is 28.5 Å². The minimum Gasteiger partial charge on any atom is -0.357 e. The standard InChI is InChI=1S/C24H22FN11O2/c1-14-7-8-15(29-24-30-31-33-36(24)16-5-3-2-4-6-16)13-34(14)23(38)21(37)17-11-26-20-19(17)18(25)12-27-22(20)35-10-9-28-32-35/h2-6,9-12,14-15,26H,7-8,13H2,1H3,(H,29,30,33)/t14-,15+/m1/s1. The summed E-state index contributed by atoms with van der Waals surface area (Å²) in [6, 6.07) is 9.04. The third kappa shape index (κ3) is 4.05. The van der Waals surface area contributed by atoms with Crippen molar-refractivity contribution in [3.63, 3.8) is 0 Å². The first-order valence-corrected chi connectivity index (χ1v) is 12.0. The molecule has 6 rings (SSSR count). The summed E-state index contributed by atoms with van der Waals surface area (Å²) in [4.78, 5) is 35.3. The maximum Gasteiger partial charge on any atom is 0.295 e. The van der Waals surface area contributed by atoms with Gasteiger partial charge in [-0.2, -0.15) is 4.68 Å². The molecule has 1 aliphatic rings. The first-order valence-electron chi connectivity index (χ1n) is 12.0. The Bertz CT molecular complexity index is 1610. The Hall–Kier alpha value is -5.01. The van der Waals surface area contributed by atoms with Gasteiger partial charge in [0.2, 0.25) is 5.95 Å². The molecule has 4 aromatic heterocycles. The van der Waals surface area contributed by atoms with Gasteiger partial charge in [-0.05, 0) is 42.3 Å². The number of likely N-dealkylation sites (tertiary alicyclic amines) is 1. The molecule has 2 atom stereocenters. The molecule has 5 heterocycles. The average Bonchev–Trinajstić information content (AvgIpc) is 3.71. The van der Waals surface area contributed by atoms with Crippen LogP contribution in [-0.4, -0.2) is 80.4 Å². The number of ketones is 1. The van der Waals surface area contributed by atoms with E-state index in [1.165, 1.54) is 22.0 Å². The van der Waals surface area contributed by atoms with Gasteiger partial charge in [-0.25, -0.2) is 14.1 Å². The Balaban J connectivity index is 1.24. The minimum absolute atomic E-state index is 0.0229. The maximum atomic E-state index is 14.9. The van der Waals surface area contributed by atoms with Crippen LogP contribution in [0.4, 0.5) is 10.3 Å². The van der Waals surface area contributed by atoms with E-state index in [0.717, 1.165) is 18.3 Å². The maximum absolute atomic E-state index is 14.9. The fraction of sp³-hybridized carbons (Fsp3) is 0.250. The number of hydrogen-bond donors (Lipinski definition) is 2. The number of Topliss-reactive ketones (excluding diaryl/α,β-unsaturated/α-hetero) is 1. The zero-order valence-electron chi connectivity index (χ0n) is 20.2. The number of nitrogens with zero attached hydrogens (tertiary/aromatic N) is 9. The fourth-order valence-electron chi connectivity index (χ4n) is 4.72. The van der Waals surface area contributed by atoms with Crippen LogP contribution in [0, 0.1) is 5.82 Å². The minimum atomic E-state index is -0.812. The SMILES string of the molecule is C[C@@H]1CC[C@H](Nc2nnnn2-c2ccccc2)CN1C(=O)C(=O)c1c[nH]c2c(-n3ccnn3)ncc(F)c12. The van der Waals surface area contributed by atoms with Crippen LogP contribution in [-0.2, 0) is 4.79 Å². The van der Waals surface area contributed by atoms with Gasteiger partial charge >= 0.3 is 0 Å². The molecular weight excluding hydrogens is 493 g/mol. The van der Waals surface area contributed by atoms with Crippen molar-refractivity contribution in [1.82, 2.24) is 50.1 Å². The molecule has 0 bridgehead atoms. The molecule has 5 aromatic rings. The van der Waals surface area contributed by atoms with Gasteiger partial charge < -0.3 is 15.2 Å². The van der Waals surface area contributed by atoms with Gasteiger partial charge in [0.1, 0.15) is 0 Å². The van der Waals surface area contributed by atoms with E-state index in [1.807, 2.05) is 37.3 Å². The second-order valence-electron chi connectivity index (χ2n) is 9.03. The lowest BCUT2D eigenvalue weighted by atomic mass is 9.98. The number of amides is 1. The quantitative estimate of drug-likeness (QED) is 0.255. The smallest absolute Gasteiger partial charge is 0.295 e. The van der Waals surface area contributed by atoms with E-state index >= 15 is 0 Å². The number of rotatable bonds is 6. The molecule has 1 aliphatic heterocycles. The zero-order valence-corrected chi connectivity index (χ0v) is 20.2. The lowest BCUT2D eigenvalue weighted by molar-refractivity contribution is -0.129. The summed E-state index contributed by atoms with van der Waals surface area (Å²) in [7, 11) is 0. The van der Waals surface area contributed by atoms with Crippen LogP contribution in [0.2, 0.25) is 0 Å². The summed E-state index contributed by atoms with van der Waals surface area (Å²) in [5.41, 5.74) is 0.959. The van der Waals surface area contributed by atoms with E-state index < -0.39 is 17.5 Å². The molecule has 1 aromatic carbocycles. The Morgan fingerprint density at radius 3 is 2.79 bits per heavy atom. The number of fused-ring (bicyclic) bond motifs is 1. The number of aromatic nitrogens is 9. The van der Waals surface area contributed by atoms with Gasteiger partial charge in [-0.15, -0.1) is 5.10 Å². The monoisotopic (exact) mass is 515 g/mol. The Morgan fingerprint density at radius 1 is 1.16 bits per heavy atom. The number of H-pyrrole nitrogens is 1. The van der Waals surface area contributed by atoms with Crippen molar-refractivity contribution in [2.24, 2.45) is 0 Å². The highest BCUT2D eigenvalue weighted by Crippen LogP contribution is 2.27. The third-order valence-electron chi connectivity index (χ3n) is 6.67. The second kappa shape index (κ2) is 9.46. The van der Waals surface area contributed by atoms with Crippen molar-refractivity contribution in [3.05, 3.63) is 66.5 Å². The molecule has 0 radical (unpaired) electrons. The molecule has 0 aliphatic carbocycles. The fourth-order valence-corrected chi connectivity index (χ4v) is 4.72. The van der Waals surface area contributed by atoms with E-state index in [4.69, 9.17) is 0 Å². The number of tetrazole rings is 1. The molecule has 38 heavy (non-hydrogen) atoms. The molecule has 1 amide bonds. The van der Waals surface area contributed by atoms with Crippen LogP contribution in [0.5, 0.6) is 0 Å². The number of carbonyl (C=O) groups is 2. The van der Waals surface area contributed by atoms with Crippen molar-refractivity contribution in [2.45, 2.75) is 31.8 Å². The molecule has 192 valence electrons. The van der Waals surface area contributed by atoms with Crippen LogP contribution in [0.1, 0.15) is 30.1 Å². The molecule has 0 saturated carbocycles. The van der Waals surface area contributed by atoms with Gasteiger partial charge in [0.25, 0.3) is 11.7 Å². The number of aromatic amines is 1. The summed E-state index contributed by atoms with van der Waals surface area (Å²) in [6.45, 7) is 2.14. The molecule has 0 unspecified atom stereocenters. The number of pyridine rings is 1. The summed E-state index contributed by atoms with van der Waals surface area (Å²) >= 11 is 0. The Morgan fingerprint density at radius 2 is 2.00 bits per heavy atom. The van der Waals surface area contributed by atoms with E-state index in [9.17, 15) is 14.0 Å². The molecule has 13 nitrogen and oxygen atoms in total. The van der Waals surface area contributed by atoms with E-state index in [1.54, 1.807) is 10.9 Å². The highest BCUT2D eigenvalue weighted by Gasteiger charge is 2.35. The predicted molar refractivity (Wildman–Crippen MR) is 132 cm³/mol. The third-order valence-corrected chi connectivity index (χ3v) is 6.67. The van der Waals surface area contributed by atoms with Crippen LogP contribution < -0.4 is 5.32 Å². The molecular formula is C24H22FN11O2. The molecule has 0 spiro atoms. The number of nitrogens with one attached hydrogen (secondary N) is 2. The molecule has 1 saturated heterocycles. The number of para-hydroxylation sites is 1. The van der Waals surface area contributed by atoms with Crippen LogP contribution in [0.15, 0.2) is 55.1 Å². The summed E-state index contributed by atoms with van der Waals surface area (Å²) in [6.07, 6.45) is 6.73. The van der Waals surface area contributed by atoms with E-state index in [2.05, 4.69) is 41.1 Å². The van der Waals surface area contributed by atoms with Gasteiger partial charge in [0, 0.05) is 24.8 Å². The molecule has 1 fully saturated rings. The normalized spacial score (nSPS) is 17.6. The first kappa shape index (κ1) is 23.4. The second-order valence-corrected chi connectivity index (χ2v) is 9.03. The Kier molecular flexibility index (Phi) is 5.82. The van der Waals surface area contributed by atoms with Crippen molar-refractivity contribution < 1.29 is 14.0 Å². The van der Waals surface area contributed by atoms with Crippen molar-refractivity contribution in [2.75, 3.05) is 11.9 Å². The summed E-state index contributed by atoms with van der Waals surface area (Å²) in [5.74, 6) is -1.56. The number of piperidine rings is 1. The van der Waals surface area contributed by atoms with E-state index in [-0.39, 0.29) is 40.9 Å². The largest absolute Gasteiger partial charge is 0.357 e. The predicted octanol–water partition coefficient (Wildman–Crippen LogP) is 1.93. The van der Waals surface area contributed by atoms with Gasteiger partial charge in [-0.3, -0.25) is 9.59 Å². The molecule has 14 heteroatoms. The number of halogens is 1. The van der Waals surface area contributed by atoms with E-state index in [0.29, 0.717) is 12.4 Å². The highest BCUT2D eigenvalue weighted by atomic mass is 19.1. The number of hydrogen-bond acceptors (Lipinski definition) is 9. The summed E-state index contributed by atoms with van der Waals surface area (Å²) < 4.78 is 17.8. The van der Waals surface area contributed by atoms with Crippen molar-refractivity contribution in [1.29, 1.82) is 0 Å². The van der Waals surface area contributed by atoms with Crippen LogP contribution >= 0.6 is 0 Å². The Labute approximate surface area is 214 Å². The van der Waals surface area contributed by atoms with Gasteiger partial charge in [0.15, 0.2) is 11.6 Å². The average molecular weight is 516 g/mol. The topological polar surface area (TPSA) is 152 Å². The van der Waals surface area contributed by atoms with Crippen LogP contribution in [0.25, 0.3) is 22.4 Å². The number of benzene rings is 1. The van der Waals surface area contributed by atoms with Gasteiger partial charge in [0.05, 0.1) is 40.7 Å². The molecule has 2 N–H and O–H groups in total. The number of anilines is 1. The van der Waals surface area contributed by atoms with Crippen molar-refractivity contribution >= 4 is 28.5 Å². The summed E-state index contributed by atoms with van der Waals surface area (Å²) in [5, 5.41) is 22.8. The number of carbonyl (C=O) groups excluding carboxylic acids is 2. The van der Waals surface area contributed by atoms with Crippen molar-refractivity contribution in [3.8, 4) is 11.5 Å².